The van der Waals surface area contributed by atoms with Gasteiger partial charge in [0.15, 0.2) is 0 Å². The van der Waals surface area contributed by atoms with E-state index in [1.165, 1.54) is 40.7 Å². The number of carboxylic acid groups (broad SMARTS) is 1. The zero-order valence-corrected chi connectivity index (χ0v) is 29.3. The Morgan fingerprint density at radius 3 is 1.86 bits per heavy atom. The highest BCUT2D eigenvalue weighted by atomic mass is 32.2. The Labute approximate surface area is 286 Å². The van der Waals surface area contributed by atoms with Crippen LogP contribution in [0.4, 0.5) is 13.6 Å². The summed E-state index contributed by atoms with van der Waals surface area (Å²) < 4.78 is 64.4. The van der Waals surface area contributed by atoms with Gasteiger partial charge < -0.3 is 30.4 Å². The van der Waals surface area contributed by atoms with Crippen molar-refractivity contribution in [2.75, 3.05) is 13.1 Å². The van der Waals surface area contributed by atoms with Gasteiger partial charge in [0.2, 0.25) is 10.0 Å². The summed E-state index contributed by atoms with van der Waals surface area (Å²) in [6, 6.07) is 11.2. The molecule has 1 aromatic heterocycles. The minimum absolute atomic E-state index is 0.0886. The molecular formula is C35H47F2N3O8S. The van der Waals surface area contributed by atoms with Gasteiger partial charge in [-0.1, -0.05) is 26.0 Å². The summed E-state index contributed by atoms with van der Waals surface area (Å²) in [6.07, 6.45) is -2.15. The third-order valence-electron chi connectivity index (χ3n) is 7.76. The number of aliphatic carboxylic acids is 1. The molecule has 3 aromatic rings. The van der Waals surface area contributed by atoms with E-state index < -0.39 is 58.0 Å². The number of nitrogens with zero attached hydrogens (tertiary/aromatic N) is 2. The molecule has 0 saturated carbocycles. The number of halogens is 2. The lowest BCUT2D eigenvalue weighted by atomic mass is 10.00. The molecule has 2 atom stereocenters. The van der Waals surface area contributed by atoms with Crippen LogP contribution in [0.15, 0.2) is 53.4 Å². The number of aliphatic hydroxyl groups excluding tert-OH is 2. The number of hydrogen-bond acceptors (Lipinski definition) is 7. The maximum Gasteiger partial charge on any atom is 0.405 e. The van der Waals surface area contributed by atoms with Crippen molar-refractivity contribution in [2.45, 2.75) is 102 Å². The highest BCUT2D eigenvalue weighted by Gasteiger charge is 2.38. The predicted octanol–water partition coefficient (Wildman–Crippen LogP) is 5.87. The second-order valence-electron chi connectivity index (χ2n) is 13.3. The van der Waals surface area contributed by atoms with E-state index in [0.717, 1.165) is 12.8 Å². The van der Waals surface area contributed by atoms with E-state index in [-0.39, 0.29) is 30.2 Å². The van der Waals surface area contributed by atoms with Gasteiger partial charge in [0.25, 0.3) is 0 Å². The molecule has 4 rings (SSSR count). The van der Waals surface area contributed by atoms with Crippen molar-refractivity contribution in [1.29, 1.82) is 0 Å². The molecule has 270 valence electrons. The Bertz CT molecular complexity index is 1680. The summed E-state index contributed by atoms with van der Waals surface area (Å²) in [4.78, 5) is 21.1. The number of carboxylic acids is 1. The topological polar surface area (TPSA) is 172 Å². The molecule has 0 bridgehead atoms. The lowest BCUT2D eigenvalue weighted by molar-refractivity contribution is -0.139. The van der Waals surface area contributed by atoms with Crippen LogP contribution < -0.4 is 5.73 Å². The molecule has 1 amide bonds. The zero-order chi connectivity index (χ0) is 36.7. The molecule has 14 heteroatoms. The Balaban J connectivity index is 0.000000723. The van der Waals surface area contributed by atoms with Crippen molar-refractivity contribution >= 4 is 22.1 Å². The largest absolute Gasteiger partial charge is 0.481 e. The number of nitrogens with two attached hydrogens (primary N) is 1. The van der Waals surface area contributed by atoms with Crippen LogP contribution in [0.25, 0.3) is 22.4 Å². The van der Waals surface area contributed by atoms with Crippen LogP contribution in [-0.2, 0) is 26.1 Å². The average molecular weight is 708 g/mol. The molecule has 11 nitrogen and oxygen atoms in total. The van der Waals surface area contributed by atoms with Crippen molar-refractivity contribution in [2.24, 2.45) is 5.73 Å². The summed E-state index contributed by atoms with van der Waals surface area (Å²) in [5.74, 6) is -2.43. The highest BCUT2D eigenvalue weighted by molar-refractivity contribution is 7.89. The Morgan fingerprint density at radius 2 is 1.43 bits per heavy atom. The van der Waals surface area contributed by atoms with Crippen molar-refractivity contribution in [3.05, 3.63) is 65.9 Å². The van der Waals surface area contributed by atoms with Crippen LogP contribution in [0, 0.1) is 11.6 Å². The number of primary amides is 1. The van der Waals surface area contributed by atoms with Gasteiger partial charge in [0.05, 0.1) is 24.3 Å². The van der Waals surface area contributed by atoms with E-state index in [1.54, 1.807) is 32.9 Å². The Kier molecular flexibility index (Phi) is 13.5. The molecular weight excluding hydrogens is 660 g/mol. The van der Waals surface area contributed by atoms with Crippen molar-refractivity contribution in [3.63, 3.8) is 0 Å². The third-order valence-corrected chi connectivity index (χ3v) is 9.74. The first kappa shape index (κ1) is 39.6. The van der Waals surface area contributed by atoms with Crippen LogP contribution in [0.2, 0.25) is 0 Å². The normalized spacial score (nSPS) is 15.1. The molecule has 0 radical (unpaired) electrons. The third kappa shape index (κ3) is 10.8. The van der Waals surface area contributed by atoms with E-state index in [2.05, 4.69) is 4.74 Å². The quantitative estimate of drug-likeness (QED) is 0.181. The van der Waals surface area contributed by atoms with Crippen molar-refractivity contribution < 1.29 is 46.8 Å². The predicted molar refractivity (Wildman–Crippen MR) is 181 cm³/mol. The molecule has 2 unspecified atom stereocenters. The summed E-state index contributed by atoms with van der Waals surface area (Å²) in [6.45, 7) is 9.90. The number of carbonyl (C=O) groups excluding carboxylic acids is 1. The van der Waals surface area contributed by atoms with Crippen LogP contribution in [0.3, 0.4) is 0 Å². The number of amides is 1. The number of carbonyl (C=O) groups is 2. The summed E-state index contributed by atoms with van der Waals surface area (Å²) in [5, 5.41) is 29.7. The molecule has 1 fully saturated rings. The summed E-state index contributed by atoms with van der Waals surface area (Å²) in [7, 11) is -4.02. The molecule has 0 aliphatic carbocycles. The van der Waals surface area contributed by atoms with Gasteiger partial charge in [-0.3, -0.25) is 4.79 Å². The van der Waals surface area contributed by atoms with Crippen LogP contribution >= 0.6 is 0 Å². The van der Waals surface area contributed by atoms with Gasteiger partial charge in [0, 0.05) is 30.9 Å². The first-order valence-electron chi connectivity index (χ1n) is 16.2. The molecule has 1 saturated heterocycles. The van der Waals surface area contributed by atoms with Crippen molar-refractivity contribution in [1.82, 2.24) is 8.87 Å². The zero-order valence-electron chi connectivity index (χ0n) is 28.5. The maximum atomic E-state index is 14.3. The van der Waals surface area contributed by atoms with E-state index in [1.807, 2.05) is 18.4 Å². The monoisotopic (exact) mass is 707 g/mol. The highest BCUT2D eigenvalue weighted by Crippen LogP contribution is 2.46. The second kappa shape index (κ2) is 16.7. The van der Waals surface area contributed by atoms with E-state index in [4.69, 9.17) is 10.8 Å². The van der Waals surface area contributed by atoms with Gasteiger partial charge in [-0.25, -0.2) is 22.0 Å². The van der Waals surface area contributed by atoms with Crippen molar-refractivity contribution in [3.8, 4) is 22.4 Å². The molecule has 2 aromatic carbocycles. The first-order chi connectivity index (χ1) is 22.8. The number of aromatic nitrogens is 1. The van der Waals surface area contributed by atoms with Gasteiger partial charge in [-0.15, -0.1) is 0 Å². The number of benzene rings is 2. The smallest absolute Gasteiger partial charge is 0.405 e. The van der Waals surface area contributed by atoms with Gasteiger partial charge >= 0.3 is 12.1 Å². The van der Waals surface area contributed by atoms with E-state index in [0.29, 0.717) is 41.2 Å². The Morgan fingerprint density at radius 1 is 0.918 bits per heavy atom. The van der Waals surface area contributed by atoms with Crippen LogP contribution in [-0.4, -0.2) is 75.6 Å². The standard InChI is InChI=1S/C30H36F2N2O6S.C5H11NO2/c1-19(2)28-30(41(39,40)33-14-3-4-15-33)27(20-5-9-22(31)10-6-20)29(21-7-11-23(32)12-8-21)34(28)16-13-24(35)17-25(36)18-26(37)38;1-5(2,3)8-4(6)7/h5-12,19,24-25,35-36H,3-4,13-18H2,1-2H3,(H,37,38);1-3H3,(H2,6,7). The number of hydrogen-bond donors (Lipinski definition) is 4. The van der Waals surface area contributed by atoms with E-state index in [9.17, 15) is 37.0 Å². The number of ether oxygens (including phenoxy) is 1. The summed E-state index contributed by atoms with van der Waals surface area (Å²) in [5.41, 5.74) is 6.62. The lowest BCUT2D eigenvalue weighted by Crippen LogP contribution is -2.29. The van der Waals surface area contributed by atoms with Gasteiger partial charge in [-0.05, 0) is 99.9 Å². The van der Waals surface area contributed by atoms with Crippen LogP contribution in [0.1, 0.15) is 78.3 Å². The molecule has 5 N–H and O–H groups in total. The van der Waals surface area contributed by atoms with E-state index >= 15 is 0 Å². The molecule has 0 spiro atoms. The minimum atomic E-state index is -4.02. The fraction of sp³-hybridized carbons (Fsp3) is 0.486. The first-order valence-corrected chi connectivity index (χ1v) is 17.6. The molecule has 2 heterocycles. The average Bonchev–Trinajstić information content (AvgIpc) is 3.64. The molecule has 1 aliphatic heterocycles. The molecule has 49 heavy (non-hydrogen) atoms. The second-order valence-corrected chi connectivity index (χ2v) is 15.2. The SMILES string of the molecule is CC(C)(C)OC(N)=O.CC(C)c1c(S(=O)(=O)N2CCCC2)c(-c2ccc(F)cc2)c(-c2ccc(F)cc2)n1CCC(O)CC(O)CC(=O)O. The summed E-state index contributed by atoms with van der Waals surface area (Å²) >= 11 is 0. The Hall–Kier alpha value is -3.85. The fourth-order valence-corrected chi connectivity index (χ4v) is 7.91. The molecule has 1 aliphatic rings. The fourth-order valence-electron chi connectivity index (χ4n) is 5.83. The maximum absolute atomic E-state index is 14.3. The number of rotatable bonds is 12. The van der Waals surface area contributed by atoms with Gasteiger partial charge in [-0.2, -0.15) is 4.31 Å². The number of aliphatic hydroxyl groups is 2. The lowest BCUT2D eigenvalue weighted by Gasteiger charge is -2.21. The van der Waals surface area contributed by atoms with Crippen LogP contribution in [0.5, 0.6) is 0 Å². The van der Waals surface area contributed by atoms with Gasteiger partial charge in [0.1, 0.15) is 22.1 Å². The minimum Gasteiger partial charge on any atom is -0.481 e. The number of sulfonamides is 1.